The number of hydrogen-bond acceptors (Lipinski definition) is 2. The van der Waals surface area contributed by atoms with Crippen LogP contribution in [0.5, 0.6) is 0 Å². The zero-order chi connectivity index (χ0) is 12.5. The van der Waals surface area contributed by atoms with Gasteiger partial charge in [0.25, 0.3) is 0 Å². The number of nitrogens with zero attached hydrogens (tertiary/aromatic N) is 1. The van der Waals surface area contributed by atoms with E-state index in [4.69, 9.17) is 0 Å². The first-order valence-electron chi connectivity index (χ1n) is 4.79. The summed E-state index contributed by atoms with van der Waals surface area (Å²) in [4.78, 5) is 12.7. The molecule has 0 atom stereocenters. The van der Waals surface area contributed by atoms with Gasteiger partial charge in [-0.25, -0.2) is 4.79 Å². The molecule has 1 saturated heterocycles. The van der Waals surface area contributed by atoms with Crippen molar-refractivity contribution in [2.24, 2.45) is 0 Å². The minimum Gasteiger partial charge on any atom is -0.309 e. The smallest absolute Gasteiger partial charge is 0.309 e. The molecule has 3 nitrogen and oxygen atoms in total. The fourth-order valence-electron chi connectivity index (χ4n) is 1.48. The van der Waals surface area contributed by atoms with E-state index in [9.17, 15) is 18.0 Å². The Hall–Kier alpha value is -1.37. The van der Waals surface area contributed by atoms with Crippen LogP contribution in [0.15, 0.2) is 24.3 Å². The zero-order valence-electron chi connectivity index (χ0n) is 8.62. The number of carbonyl (C=O) groups excluding carboxylic acids is 1. The highest BCUT2D eigenvalue weighted by atomic mass is 32.2. The first-order chi connectivity index (χ1) is 7.97. The molecule has 0 aromatic heterocycles. The van der Waals surface area contributed by atoms with Crippen molar-refractivity contribution in [2.45, 2.75) is 12.7 Å². The molecule has 92 valence electrons. The van der Waals surface area contributed by atoms with Gasteiger partial charge in [-0.15, -0.1) is 0 Å². The third kappa shape index (κ3) is 2.85. The predicted octanol–water partition coefficient (Wildman–Crippen LogP) is 2.84. The van der Waals surface area contributed by atoms with Crippen molar-refractivity contribution >= 4 is 18.0 Å². The Morgan fingerprint density at radius 3 is 2.76 bits per heavy atom. The van der Waals surface area contributed by atoms with E-state index in [0.29, 0.717) is 11.4 Å². The first-order valence-corrected chi connectivity index (χ1v) is 5.78. The van der Waals surface area contributed by atoms with E-state index in [0.717, 1.165) is 12.1 Å². The average molecular weight is 262 g/mol. The summed E-state index contributed by atoms with van der Waals surface area (Å²) in [5, 5.41) is 0. The first kappa shape index (κ1) is 12.1. The molecule has 1 N–H and O–H groups in total. The molecule has 7 heteroatoms. The van der Waals surface area contributed by atoms with Gasteiger partial charge in [0.2, 0.25) is 0 Å². The van der Waals surface area contributed by atoms with Crippen molar-refractivity contribution in [3.05, 3.63) is 35.4 Å². The number of rotatable bonds is 2. The highest BCUT2D eigenvalue weighted by Gasteiger charge is 2.30. The standard InChI is InChI=1S/C10H9F3N2OS/c11-10(12,13)8-3-1-2-7(4-8)5-15-6-17-14-9(15)16/h1-4H,5-6H2,(H,14,16). The van der Waals surface area contributed by atoms with Crippen molar-refractivity contribution in [1.29, 1.82) is 0 Å². The summed E-state index contributed by atoms with van der Waals surface area (Å²) in [6.45, 7) is 0.183. The molecule has 0 spiro atoms. The Morgan fingerprint density at radius 2 is 2.18 bits per heavy atom. The van der Waals surface area contributed by atoms with E-state index in [1.807, 2.05) is 0 Å². The number of hydrogen-bond donors (Lipinski definition) is 1. The molecule has 1 aliphatic rings. The highest BCUT2D eigenvalue weighted by Crippen LogP contribution is 2.30. The van der Waals surface area contributed by atoms with E-state index in [-0.39, 0.29) is 12.6 Å². The van der Waals surface area contributed by atoms with Gasteiger partial charge in [0, 0.05) is 6.54 Å². The molecule has 17 heavy (non-hydrogen) atoms. The van der Waals surface area contributed by atoms with Crippen LogP contribution in [0.25, 0.3) is 0 Å². The van der Waals surface area contributed by atoms with Crippen molar-refractivity contribution in [3.63, 3.8) is 0 Å². The molecular formula is C10H9F3N2OS. The summed E-state index contributed by atoms with van der Waals surface area (Å²) >= 11 is 1.22. The zero-order valence-corrected chi connectivity index (χ0v) is 9.44. The van der Waals surface area contributed by atoms with E-state index in [1.54, 1.807) is 6.07 Å². The van der Waals surface area contributed by atoms with Gasteiger partial charge in [-0.1, -0.05) is 12.1 Å². The van der Waals surface area contributed by atoms with E-state index in [1.165, 1.54) is 22.9 Å². The lowest BCUT2D eigenvalue weighted by Gasteiger charge is -2.14. The van der Waals surface area contributed by atoms with Gasteiger partial charge in [-0.2, -0.15) is 13.2 Å². The molecule has 1 heterocycles. The van der Waals surface area contributed by atoms with Gasteiger partial charge < -0.3 is 4.90 Å². The second kappa shape index (κ2) is 4.48. The van der Waals surface area contributed by atoms with E-state index >= 15 is 0 Å². The van der Waals surface area contributed by atoms with Gasteiger partial charge in [0.1, 0.15) is 0 Å². The highest BCUT2D eigenvalue weighted by molar-refractivity contribution is 7.98. The second-order valence-corrected chi connectivity index (χ2v) is 4.33. The summed E-state index contributed by atoms with van der Waals surface area (Å²) in [6.07, 6.45) is -4.35. The van der Waals surface area contributed by atoms with Crippen LogP contribution in [0.4, 0.5) is 18.0 Å². The van der Waals surface area contributed by atoms with Crippen LogP contribution in [-0.4, -0.2) is 16.8 Å². The van der Waals surface area contributed by atoms with Crippen LogP contribution >= 0.6 is 11.9 Å². The summed E-state index contributed by atoms with van der Waals surface area (Å²) in [6, 6.07) is 4.73. The average Bonchev–Trinajstić information content (AvgIpc) is 2.64. The predicted molar refractivity (Wildman–Crippen MR) is 58.0 cm³/mol. The van der Waals surface area contributed by atoms with Crippen molar-refractivity contribution in [2.75, 3.05) is 5.88 Å². The summed E-state index contributed by atoms with van der Waals surface area (Å²) < 4.78 is 39.9. The largest absolute Gasteiger partial charge is 0.416 e. The Bertz CT molecular complexity index is 436. The Labute approximate surface area is 100 Å². The molecule has 0 unspecified atom stereocenters. The lowest BCUT2D eigenvalue weighted by Crippen LogP contribution is -2.27. The fourth-order valence-corrected chi connectivity index (χ4v) is 2.16. The normalized spacial score (nSPS) is 16.2. The lowest BCUT2D eigenvalue weighted by atomic mass is 10.1. The number of halogens is 3. The van der Waals surface area contributed by atoms with Gasteiger partial charge in [0.05, 0.1) is 11.4 Å². The molecule has 0 aliphatic carbocycles. The molecule has 0 radical (unpaired) electrons. The topological polar surface area (TPSA) is 32.3 Å². The van der Waals surface area contributed by atoms with E-state index < -0.39 is 11.7 Å². The number of benzene rings is 1. The van der Waals surface area contributed by atoms with Crippen molar-refractivity contribution in [1.82, 2.24) is 9.62 Å². The van der Waals surface area contributed by atoms with Gasteiger partial charge >= 0.3 is 12.2 Å². The van der Waals surface area contributed by atoms with Crippen LogP contribution in [0.3, 0.4) is 0 Å². The number of nitrogens with one attached hydrogen (secondary N) is 1. The maximum atomic E-state index is 12.5. The van der Waals surface area contributed by atoms with Crippen LogP contribution < -0.4 is 4.72 Å². The number of amides is 2. The lowest BCUT2D eigenvalue weighted by molar-refractivity contribution is -0.137. The van der Waals surface area contributed by atoms with Gasteiger partial charge in [-0.3, -0.25) is 4.72 Å². The molecular weight excluding hydrogens is 253 g/mol. The molecule has 2 amide bonds. The minimum atomic E-state index is -4.35. The van der Waals surface area contributed by atoms with Crippen molar-refractivity contribution in [3.8, 4) is 0 Å². The van der Waals surface area contributed by atoms with Crippen molar-refractivity contribution < 1.29 is 18.0 Å². The minimum absolute atomic E-state index is 0.183. The van der Waals surface area contributed by atoms with Crippen LogP contribution in [-0.2, 0) is 12.7 Å². The number of urea groups is 1. The molecule has 1 aliphatic heterocycles. The maximum Gasteiger partial charge on any atom is 0.416 e. The monoisotopic (exact) mass is 262 g/mol. The Balaban J connectivity index is 2.14. The second-order valence-electron chi connectivity index (χ2n) is 3.58. The Morgan fingerprint density at radius 1 is 1.41 bits per heavy atom. The van der Waals surface area contributed by atoms with Gasteiger partial charge in [0.15, 0.2) is 0 Å². The maximum absolute atomic E-state index is 12.5. The fraction of sp³-hybridized carbons (Fsp3) is 0.300. The summed E-state index contributed by atoms with van der Waals surface area (Å²) in [5.41, 5.74) is -0.222. The quantitative estimate of drug-likeness (QED) is 0.831. The molecule has 1 aromatic rings. The molecule has 1 fully saturated rings. The summed E-state index contributed by atoms with van der Waals surface area (Å²) in [5.74, 6) is 0.440. The van der Waals surface area contributed by atoms with Crippen LogP contribution in [0, 0.1) is 0 Å². The third-order valence-electron chi connectivity index (χ3n) is 2.29. The Kier molecular flexibility index (Phi) is 3.19. The molecule has 0 saturated carbocycles. The molecule has 2 rings (SSSR count). The van der Waals surface area contributed by atoms with E-state index in [2.05, 4.69) is 4.72 Å². The number of alkyl halides is 3. The van der Waals surface area contributed by atoms with Crippen LogP contribution in [0.1, 0.15) is 11.1 Å². The number of carbonyl (C=O) groups is 1. The third-order valence-corrected chi connectivity index (χ3v) is 3.05. The summed E-state index contributed by atoms with van der Waals surface area (Å²) in [7, 11) is 0. The molecule has 1 aromatic carbocycles. The van der Waals surface area contributed by atoms with Gasteiger partial charge in [-0.05, 0) is 29.6 Å². The van der Waals surface area contributed by atoms with Crippen LogP contribution in [0.2, 0.25) is 0 Å². The molecule has 0 bridgehead atoms. The SMILES string of the molecule is O=C1NSCN1Cc1cccc(C(F)(F)F)c1.